The Labute approximate surface area is 66.9 Å². The molecule has 0 aliphatic carbocycles. The van der Waals surface area contributed by atoms with E-state index in [4.69, 9.17) is 0 Å². The minimum Gasteiger partial charge on any atom is -1.00 e. The summed E-state index contributed by atoms with van der Waals surface area (Å²) in [6, 6.07) is 0. The second-order valence-electron chi connectivity index (χ2n) is 0. The van der Waals surface area contributed by atoms with Crippen LogP contribution in [-0.2, 0) is 0 Å². The zero-order valence-corrected chi connectivity index (χ0v) is 3.88. The van der Waals surface area contributed by atoms with Gasteiger partial charge in [-0.1, -0.05) is 0 Å². The molecule has 0 unspecified atom stereocenters. The maximum atomic E-state index is 0. The van der Waals surface area contributed by atoms with Gasteiger partial charge in [-0.05, 0) is 0 Å². The monoisotopic (exact) mass is 208 g/mol. The molecule has 0 aromatic carbocycles. The molecule has 0 aliphatic rings. The predicted octanol–water partition coefficient (Wildman–Crippen LogP) is -12.0. The van der Waals surface area contributed by atoms with Crippen LogP contribution in [0.3, 0.4) is 0 Å². The molecule has 0 aromatic heterocycles. The fraction of sp³-hybridized carbons (Fsp3) is 0. The molecule has 0 rings (SSSR count). The van der Waals surface area contributed by atoms with Crippen LogP contribution in [0.25, 0.3) is 0 Å². The second-order valence-corrected chi connectivity index (χ2v) is 0. The minimum absolute atomic E-state index is 0. The van der Waals surface area contributed by atoms with E-state index in [1.54, 1.807) is 0 Å². The van der Waals surface area contributed by atoms with Gasteiger partial charge in [-0.3, -0.25) is 0 Å². The van der Waals surface area contributed by atoms with Crippen molar-refractivity contribution in [1.82, 2.24) is 0 Å². The summed E-state index contributed by atoms with van der Waals surface area (Å²) in [5.41, 5.74) is 0. The van der Waals surface area contributed by atoms with Gasteiger partial charge in [-0.15, -0.1) is 0 Å². The van der Waals surface area contributed by atoms with Gasteiger partial charge in [0.05, 0.1) is 0 Å². The average molecular weight is 207 g/mol. The van der Waals surface area contributed by atoms with Crippen LogP contribution in [0.5, 0.6) is 0 Å². The van der Waals surface area contributed by atoms with E-state index in [1.807, 2.05) is 0 Å². The Morgan fingerprint density at radius 3 is 0.400 bits per heavy atom. The number of rotatable bonds is 0. The van der Waals surface area contributed by atoms with Crippen molar-refractivity contribution in [3.05, 3.63) is 0 Å². The summed E-state index contributed by atoms with van der Waals surface area (Å²) in [5.74, 6) is 0. The average Bonchev–Trinajstić information content (AvgIpc) is 0. The summed E-state index contributed by atoms with van der Waals surface area (Å²) in [4.78, 5) is 0. The number of hydrogen-bond acceptors (Lipinski definition) is 0. The third-order valence-electron chi connectivity index (χ3n) is 0. The van der Waals surface area contributed by atoms with Gasteiger partial charge in [0.15, 0.2) is 0 Å². The Balaban J connectivity index is 0. The van der Waals surface area contributed by atoms with E-state index in [9.17, 15) is 0 Å². The second kappa shape index (κ2) is 58.4. The Hall–Kier alpha value is 1.29. The van der Waals surface area contributed by atoms with E-state index in [0.29, 0.717) is 0 Å². The molecule has 40 valence electrons. The molecule has 0 fully saturated rings. The Morgan fingerprint density at radius 1 is 0.400 bits per heavy atom. The molecule has 0 N–H and O–H groups in total. The molecule has 0 aromatic rings. The third-order valence-corrected chi connectivity index (χ3v) is 0. The molecule has 0 amide bonds. The first-order valence-corrected chi connectivity index (χ1v) is 0. The minimum atomic E-state index is 0. The molecule has 5 heteroatoms. The molecule has 0 bridgehead atoms. The summed E-state index contributed by atoms with van der Waals surface area (Å²) >= 11 is 0. The van der Waals surface area contributed by atoms with Crippen molar-refractivity contribution in [2.24, 2.45) is 0 Å². The first-order valence-electron chi connectivity index (χ1n) is 0. The smallest absolute Gasteiger partial charge is 0 e. The maximum absolute atomic E-state index is 0. The number of halogens is 4. The first kappa shape index (κ1) is 106. The van der Waals surface area contributed by atoms with Gasteiger partial charge in [0.25, 0.3) is 0 Å². The summed E-state index contributed by atoms with van der Waals surface area (Å²) in [7, 11) is 0. The van der Waals surface area contributed by atoms with Gasteiger partial charge in [0.2, 0.25) is 0 Å². The molecule has 0 saturated carbocycles. The fourth-order valence-corrected chi connectivity index (χ4v) is 0. The van der Waals surface area contributed by atoms with E-state index in [0.717, 1.165) is 0 Å². The molecule has 0 nitrogen and oxygen atoms in total. The zero-order valence-electron chi connectivity index (χ0n) is 1.87. The van der Waals surface area contributed by atoms with Crippen LogP contribution in [0.15, 0.2) is 0 Å². The van der Waals surface area contributed by atoms with Crippen LogP contribution in [0.1, 0.15) is 0 Å². The first-order chi connectivity index (χ1) is 0. The molecule has 0 aliphatic heterocycles. The van der Waals surface area contributed by atoms with Crippen LogP contribution in [0.4, 0.5) is 0 Å². The van der Waals surface area contributed by atoms with Crippen molar-refractivity contribution in [2.45, 2.75) is 0 Å². The van der Waals surface area contributed by atoms with Gasteiger partial charge in [0.1, 0.15) is 0 Å². The third kappa shape index (κ3) is 34.4. The maximum Gasteiger partial charge on any atom is 0 e. The van der Waals surface area contributed by atoms with E-state index in [2.05, 4.69) is 0 Å². The van der Waals surface area contributed by atoms with Crippen molar-refractivity contribution >= 4 is 0 Å². The van der Waals surface area contributed by atoms with Crippen LogP contribution in [0, 0.1) is 48.9 Å². The van der Waals surface area contributed by atoms with Crippen LogP contribution >= 0.6 is 0 Å². The van der Waals surface area contributed by atoms with Gasteiger partial charge in [-0.2, -0.15) is 0 Å². The molecular formula is F4Xe-4. The topological polar surface area (TPSA) is 0 Å². The quantitative estimate of drug-likeness (QED) is 0.346. The van der Waals surface area contributed by atoms with Crippen molar-refractivity contribution in [1.29, 1.82) is 0 Å². The van der Waals surface area contributed by atoms with E-state index in [-0.39, 0.29) is 67.7 Å². The summed E-state index contributed by atoms with van der Waals surface area (Å²) in [6.45, 7) is 0. The Kier molecular flexibility index (Phi) is 1230. The van der Waals surface area contributed by atoms with Crippen molar-refractivity contribution in [3.63, 3.8) is 0 Å². The van der Waals surface area contributed by atoms with Crippen molar-refractivity contribution < 1.29 is 67.7 Å². The molecule has 0 radical (unpaired) electrons. The molecule has 5 heavy (non-hydrogen) atoms. The molecular weight excluding hydrogens is 207 g/mol. The molecule has 0 spiro atoms. The van der Waals surface area contributed by atoms with Crippen molar-refractivity contribution in [2.75, 3.05) is 0 Å². The van der Waals surface area contributed by atoms with Gasteiger partial charge in [0, 0.05) is 48.9 Å². The fourth-order valence-electron chi connectivity index (χ4n) is 0. The van der Waals surface area contributed by atoms with Crippen LogP contribution in [0.2, 0.25) is 0 Å². The van der Waals surface area contributed by atoms with E-state index < -0.39 is 0 Å². The molecule has 0 heterocycles. The Bertz CT molecular complexity index is 3.61. The molecule has 0 atom stereocenters. The Morgan fingerprint density at radius 2 is 0.400 bits per heavy atom. The molecule has 0 saturated heterocycles. The summed E-state index contributed by atoms with van der Waals surface area (Å²) < 4.78 is 0. The summed E-state index contributed by atoms with van der Waals surface area (Å²) in [6.07, 6.45) is 0. The normalized spacial score (nSPS) is 0. The largest absolute Gasteiger partial charge is 1.00 e. The van der Waals surface area contributed by atoms with Crippen LogP contribution < -0.4 is 18.8 Å². The van der Waals surface area contributed by atoms with Gasteiger partial charge in [-0.25, -0.2) is 0 Å². The standard InChI is InChI=1S/4FH.Xe/h4*1H;/p-4. The van der Waals surface area contributed by atoms with E-state index in [1.165, 1.54) is 0 Å². The van der Waals surface area contributed by atoms with Gasteiger partial charge < -0.3 is 18.8 Å². The predicted molar refractivity (Wildman–Crippen MR) is 0 cm³/mol. The SMILES string of the molecule is [F-].[F-].[F-].[F-].[Xe]. The van der Waals surface area contributed by atoms with E-state index >= 15 is 0 Å². The van der Waals surface area contributed by atoms with Gasteiger partial charge >= 0.3 is 0 Å². The van der Waals surface area contributed by atoms with Crippen molar-refractivity contribution in [3.8, 4) is 0 Å². The van der Waals surface area contributed by atoms with Crippen LogP contribution in [-0.4, -0.2) is 0 Å². The summed E-state index contributed by atoms with van der Waals surface area (Å²) in [5, 5.41) is 0. The zero-order chi connectivity index (χ0) is 0. The number of hydrogen-bond donors (Lipinski definition) is 0.